The van der Waals surface area contributed by atoms with Gasteiger partial charge in [0.15, 0.2) is 0 Å². The second-order valence-corrected chi connectivity index (χ2v) is 9.96. The Morgan fingerprint density at radius 3 is 2.07 bits per heavy atom. The number of hydrogen-bond acceptors (Lipinski definition) is 4. The van der Waals surface area contributed by atoms with Crippen LogP contribution >= 0.6 is 22.7 Å². The molecule has 0 aromatic carbocycles. The summed E-state index contributed by atoms with van der Waals surface area (Å²) >= 11 is 3.28. The molecule has 2 N–H and O–H groups in total. The number of rotatable bonds is 9. The van der Waals surface area contributed by atoms with E-state index in [9.17, 15) is 9.59 Å². The molecule has 2 aromatic rings. The van der Waals surface area contributed by atoms with Gasteiger partial charge in [-0.05, 0) is 50.1 Å². The molecule has 0 unspecified atom stereocenters. The first-order chi connectivity index (χ1) is 13.3. The third kappa shape index (κ3) is 7.64. The van der Waals surface area contributed by atoms with Crippen molar-refractivity contribution in [1.82, 2.24) is 15.5 Å². The molecule has 0 fully saturated rings. The second-order valence-electron chi connectivity index (χ2n) is 7.90. The summed E-state index contributed by atoms with van der Waals surface area (Å²) in [6.45, 7) is 8.98. The highest BCUT2D eigenvalue weighted by atomic mass is 32.1. The molecular weight excluding hydrogens is 390 g/mol. The van der Waals surface area contributed by atoms with Crippen molar-refractivity contribution in [1.29, 1.82) is 0 Å². The van der Waals surface area contributed by atoms with Gasteiger partial charge in [-0.25, -0.2) is 4.79 Å². The van der Waals surface area contributed by atoms with E-state index in [1.807, 2.05) is 60.7 Å². The fraction of sp³-hybridized carbons (Fsp3) is 0.524. The van der Waals surface area contributed by atoms with Crippen molar-refractivity contribution in [3.63, 3.8) is 0 Å². The van der Waals surface area contributed by atoms with E-state index in [1.54, 1.807) is 22.7 Å². The molecule has 28 heavy (non-hydrogen) atoms. The predicted octanol–water partition coefficient (Wildman–Crippen LogP) is 4.99. The van der Waals surface area contributed by atoms with Gasteiger partial charge in [0.2, 0.25) is 5.91 Å². The van der Waals surface area contributed by atoms with Crippen LogP contribution in [0.25, 0.3) is 0 Å². The molecule has 0 bridgehead atoms. The number of hydrogen-bond donors (Lipinski definition) is 2. The van der Waals surface area contributed by atoms with Crippen molar-refractivity contribution >= 4 is 34.6 Å². The van der Waals surface area contributed by atoms with E-state index in [-0.39, 0.29) is 17.5 Å². The maximum absolute atomic E-state index is 13.4. The highest BCUT2D eigenvalue weighted by molar-refractivity contribution is 7.10. The quantitative estimate of drug-likeness (QED) is 0.599. The highest BCUT2D eigenvalue weighted by Gasteiger charge is 2.27. The van der Waals surface area contributed by atoms with E-state index >= 15 is 0 Å². The standard InChI is InChI=1S/C21H31N3O2S2/c1-5-6-11-18(22-20(26)23-21(2,3)4)19(25)24(14-16-9-7-12-27-16)15-17-10-8-13-28-17/h7-10,12-13,18H,5-6,11,14-15H2,1-4H3,(H2,22,23,26)/t18-/m0/s1. The monoisotopic (exact) mass is 421 g/mol. The molecule has 7 heteroatoms. The van der Waals surface area contributed by atoms with Crippen LogP contribution in [0.5, 0.6) is 0 Å². The molecule has 0 spiro atoms. The Labute approximate surface area is 176 Å². The van der Waals surface area contributed by atoms with E-state index in [2.05, 4.69) is 17.6 Å². The van der Waals surface area contributed by atoms with Gasteiger partial charge in [-0.3, -0.25) is 4.79 Å². The van der Waals surface area contributed by atoms with Gasteiger partial charge in [0.05, 0.1) is 13.1 Å². The summed E-state index contributed by atoms with van der Waals surface area (Å²) in [4.78, 5) is 29.9. The second kappa shape index (κ2) is 10.6. The average Bonchev–Trinajstić information content (AvgIpc) is 3.29. The first kappa shape index (κ1) is 22.4. The summed E-state index contributed by atoms with van der Waals surface area (Å²) in [7, 11) is 0. The van der Waals surface area contributed by atoms with Crippen LogP contribution in [0, 0.1) is 0 Å². The van der Waals surface area contributed by atoms with Gasteiger partial charge in [0.25, 0.3) is 0 Å². The summed E-state index contributed by atoms with van der Waals surface area (Å²) in [6, 6.07) is 7.26. The molecule has 2 rings (SSSR count). The van der Waals surface area contributed by atoms with Crippen molar-refractivity contribution in [2.24, 2.45) is 0 Å². The van der Waals surface area contributed by atoms with Crippen LogP contribution in [0.15, 0.2) is 35.0 Å². The van der Waals surface area contributed by atoms with E-state index in [4.69, 9.17) is 0 Å². The molecule has 2 heterocycles. The number of carbonyl (C=O) groups is 2. The van der Waals surface area contributed by atoms with Crippen LogP contribution in [-0.2, 0) is 17.9 Å². The van der Waals surface area contributed by atoms with Crippen LogP contribution in [-0.4, -0.2) is 28.4 Å². The Bertz CT molecular complexity index is 685. The van der Waals surface area contributed by atoms with Crippen molar-refractivity contribution in [2.75, 3.05) is 0 Å². The third-order valence-electron chi connectivity index (χ3n) is 4.10. The zero-order valence-electron chi connectivity index (χ0n) is 17.2. The average molecular weight is 422 g/mol. The van der Waals surface area contributed by atoms with Gasteiger partial charge in [-0.2, -0.15) is 0 Å². The lowest BCUT2D eigenvalue weighted by atomic mass is 10.1. The van der Waals surface area contributed by atoms with Crippen LogP contribution in [0.2, 0.25) is 0 Å². The normalized spacial score (nSPS) is 12.4. The SMILES string of the molecule is CCCC[C@H](NC(=O)NC(C)(C)C)C(=O)N(Cc1cccs1)Cc1cccs1. The fourth-order valence-electron chi connectivity index (χ4n) is 2.81. The summed E-state index contributed by atoms with van der Waals surface area (Å²) < 4.78 is 0. The van der Waals surface area contributed by atoms with Gasteiger partial charge in [-0.1, -0.05) is 31.9 Å². The van der Waals surface area contributed by atoms with Gasteiger partial charge < -0.3 is 15.5 Å². The number of carbonyl (C=O) groups excluding carboxylic acids is 2. The zero-order chi connectivity index (χ0) is 20.6. The number of unbranched alkanes of at least 4 members (excludes halogenated alkanes) is 1. The Balaban J connectivity index is 2.15. The van der Waals surface area contributed by atoms with E-state index in [0.717, 1.165) is 22.6 Å². The molecule has 2 aromatic heterocycles. The van der Waals surface area contributed by atoms with E-state index in [1.165, 1.54) is 0 Å². The first-order valence-electron chi connectivity index (χ1n) is 9.70. The number of nitrogens with zero attached hydrogens (tertiary/aromatic N) is 1. The third-order valence-corrected chi connectivity index (χ3v) is 5.83. The molecule has 5 nitrogen and oxygen atoms in total. The number of urea groups is 1. The van der Waals surface area contributed by atoms with Crippen molar-refractivity contribution in [2.45, 2.75) is 71.6 Å². The Kier molecular flexibility index (Phi) is 8.51. The predicted molar refractivity (Wildman–Crippen MR) is 118 cm³/mol. The smallest absolute Gasteiger partial charge is 0.315 e. The van der Waals surface area contributed by atoms with Crippen molar-refractivity contribution in [3.05, 3.63) is 44.8 Å². The largest absolute Gasteiger partial charge is 0.334 e. The molecule has 3 amide bonds. The van der Waals surface area contributed by atoms with Gasteiger partial charge in [0, 0.05) is 15.3 Å². The number of nitrogens with one attached hydrogen (secondary N) is 2. The van der Waals surface area contributed by atoms with Crippen LogP contribution in [0.1, 0.15) is 56.7 Å². The Hall–Kier alpha value is -1.86. The topological polar surface area (TPSA) is 61.4 Å². The van der Waals surface area contributed by atoms with E-state index < -0.39 is 6.04 Å². The number of thiophene rings is 2. The van der Waals surface area contributed by atoms with Crippen molar-refractivity contribution < 1.29 is 9.59 Å². The molecule has 0 saturated carbocycles. The molecule has 0 aliphatic carbocycles. The molecule has 0 aliphatic rings. The first-order valence-corrected chi connectivity index (χ1v) is 11.5. The van der Waals surface area contributed by atoms with Crippen LogP contribution < -0.4 is 10.6 Å². The molecule has 0 aliphatic heterocycles. The Morgan fingerprint density at radius 1 is 1.07 bits per heavy atom. The molecule has 0 radical (unpaired) electrons. The lowest BCUT2D eigenvalue weighted by Gasteiger charge is -2.29. The molecular formula is C21H31N3O2S2. The molecule has 0 saturated heterocycles. The van der Waals surface area contributed by atoms with E-state index in [0.29, 0.717) is 19.5 Å². The van der Waals surface area contributed by atoms with Crippen LogP contribution in [0.4, 0.5) is 4.79 Å². The summed E-state index contributed by atoms with van der Waals surface area (Å²) in [5.74, 6) is -0.0284. The summed E-state index contributed by atoms with van der Waals surface area (Å²) in [5.41, 5.74) is -0.351. The van der Waals surface area contributed by atoms with Gasteiger partial charge >= 0.3 is 6.03 Å². The maximum atomic E-state index is 13.4. The summed E-state index contributed by atoms with van der Waals surface area (Å²) in [6.07, 6.45) is 2.50. The lowest BCUT2D eigenvalue weighted by Crippen LogP contribution is -2.54. The minimum absolute atomic E-state index is 0.0284. The van der Waals surface area contributed by atoms with Crippen molar-refractivity contribution in [3.8, 4) is 0 Å². The van der Waals surface area contributed by atoms with Crippen LogP contribution in [0.3, 0.4) is 0 Å². The number of amides is 3. The Morgan fingerprint density at radius 2 is 1.64 bits per heavy atom. The lowest BCUT2D eigenvalue weighted by molar-refractivity contribution is -0.134. The van der Waals surface area contributed by atoms with Gasteiger partial charge in [-0.15, -0.1) is 22.7 Å². The zero-order valence-corrected chi connectivity index (χ0v) is 18.8. The minimum Gasteiger partial charge on any atom is -0.334 e. The van der Waals surface area contributed by atoms with Gasteiger partial charge in [0.1, 0.15) is 6.04 Å². The molecule has 154 valence electrons. The molecule has 1 atom stereocenters. The highest BCUT2D eigenvalue weighted by Crippen LogP contribution is 2.19. The summed E-state index contributed by atoms with van der Waals surface area (Å²) in [5, 5.41) is 9.85. The minimum atomic E-state index is -0.526. The fourth-order valence-corrected chi connectivity index (χ4v) is 4.25. The maximum Gasteiger partial charge on any atom is 0.315 e.